The van der Waals surface area contributed by atoms with Crippen LogP contribution in [0.3, 0.4) is 0 Å². The highest BCUT2D eigenvalue weighted by atomic mass is 16.5. The number of hydrogen-bond donors (Lipinski definition) is 2. The van der Waals surface area contributed by atoms with Crippen molar-refractivity contribution < 1.29 is 19.4 Å². The van der Waals surface area contributed by atoms with E-state index in [1.54, 1.807) is 11.7 Å². The number of benzene rings is 1. The molecule has 1 amide bonds. The summed E-state index contributed by atoms with van der Waals surface area (Å²) in [4.78, 5) is 22.6. The molecule has 0 bridgehead atoms. The third kappa shape index (κ3) is 3.43. The monoisotopic (exact) mass is 303 g/mol. The summed E-state index contributed by atoms with van der Waals surface area (Å²) in [6.07, 6.45) is 0. The number of anilines is 1. The molecular formula is C15H17N3O4. The number of amides is 1. The van der Waals surface area contributed by atoms with E-state index in [4.69, 9.17) is 9.84 Å². The van der Waals surface area contributed by atoms with Crippen LogP contribution in [0.15, 0.2) is 24.3 Å². The van der Waals surface area contributed by atoms with E-state index < -0.39 is 5.97 Å². The third-order valence-corrected chi connectivity index (χ3v) is 3.21. The SMILES string of the molecule is Cc1nn(C)c(C)c1OCC(=O)Nc1ccc(C(=O)O)cc1. The van der Waals surface area contributed by atoms with Crippen molar-refractivity contribution in [2.24, 2.45) is 7.05 Å². The van der Waals surface area contributed by atoms with Gasteiger partial charge in [-0.05, 0) is 38.1 Å². The lowest BCUT2D eigenvalue weighted by atomic mass is 10.2. The number of nitrogens with zero attached hydrogens (tertiary/aromatic N) is 2. The normalized spacial score (nSPS) is 10.3. The molecule has 7 heteroatoms. The highest BCUT2D eigenvalue weighted by Crippen LogP contribution is 2.21. The van der Waals surface area contributed by atoms with E-state index >= 15 is 0 Å². The fourth-order valence-electron chi connectivity index (χ4n) is 1.99. The van der Waals surface area contributed by atoms with E-state index in [0.717, 1.165) is 11.4 Å². The van der Waals surface area contributed by atoms with Crippen LogP contribution in [0.25, 0.3) is 0 Å². The van der Waals surface area contributed by atoms with Crippen LogP contribution in [0.4, 0.5) is 5.69 Å². The minimum atomic E-state index is -1.01. The van der Waals surface area contributed by atoms with Crippen molar-refractivity contribution in [3.63, 3.8) is 0 Å². The predicted molar refractivity (Wildman–Crippen MR) is 80.2 cm³/mol. The number of carboxylic acids is 1. The maximum absolute atomic E-state index is 11.9. The molecule has 0 unspecified atom stereocenters. The van der Waals surface area contributed by atoms with E-state index in [0.29, 0.717) is 11.4 Å². The quantitative estimate of drug-likeness (QED) is 0.877. The Labute approximate surface area is 127 Å². The Balaban J connectivity index is 1.94. The molecule has 2 rings (SSSR count). The number of nitrogens with one attached hydrogen (secondary N) is 1. The first-order valence-corrected chi connectivity index (χ1v) is 6.64. The molecule has 1 aromatic heterocycles. The molecule has 116 valence electrons. The molecule has 0 saturated heterocycles. The molecule has 0 aliphatic carbocycles. The number of carbonyl (C=O) groups excluding carboxylic acids is 1. The Morgan fingerprint density at radius 3 is 2.41 bits per heavy atom. The maximum atomic E-state index is 11.9. The number of hydrogen-bond acceptors (Lipinski definition) is 4. The van der Waals surface area contributed by atoms with Crippen LogP contribution in [0, 0.1) is 13.8 Å². The summed E-state index contributed by atoms with van der Waals surface area (Å²) >= 11 is 0. The van der Waals surface area contributed by atoms with Gasteiger partial charge in [0.15, 0.2) is 12.4 Å². The van der Waals surface area contributed by atoms with Gasteiger partial charge in [0.1, 0.15) is 5.69 Å². The Morgan fingerprint density at radius 2 is 1.91 bits per heavy atom. The van der Waals surface area contributed by atoms with Gasteiger partial charge in [-0.1, -0.05) is 0 Å². The summed E-state index contributed by atoms with van der Waals surface area (Å²) in [5, 5.41) is 15.6. The Kier molecular flexibility index (Phi) is 4.45. The fourth-order valence-corrected chi connectivity index (χ4v) is 1.99. The largest absolute Gasteiger partial charge is 0.480 e. The zero-order valence-corrected chi connectivity index (χ0v) is 12.6. The molecule has 0 spiro atoms. The minimum Gasteiger partial charge on any atom is -0.480 e. The number of rotatable bonds is 5. The van der Waals surface area contributed by atoms with Crippen molar-refractivity contribution in [1.82, 2.24) is 9.78 Å². The van der Waals surface area contributed by atoms with Gasteiger partial charge < -0.3 is 15.2 Å². The Morgan fingerprint density at radius 1 is 1.27 bits per heavy atom. The lowest BCUT2D eigenvalue weighted by molar-refractivity contribution is -0.118. The van der Waals surface area contributed by atoms with Crippen LogP contribution >= 0.6 is 0 Å². The molecule has 1 aromatic carbocycles. The zero-order valence-electron chi connectivity index (χ0n) is 12.6. The molecule has 22 heavy (non-hydrogen) atoms. The van der Waals surface area contributed by atoms with E-state index in [2.05, 4.69) is 10.4 Å². The molecular weight excluding hydrogens is 286 g/mol. The lowest BCUT2D eigenvalue weighted by Crippen LogP contribution is -2.20. The van der Waals surface area contributed by atoms with Gasteiger partial charge in [-0.25, -0.2) is 4.79 Å². The van der Waals surface area contributed by atoms with Gasteiger partial charge in [0, 0.05) is 12.7 Å². The van der Waals surface area contributed by atoms with Gasteiger partial charge in [-0.3, -0.25) is 9.48 Å². The highest BCUT2D eigenvalue weighted by molar-refractivity contribution is 5.93. The number of aryl methyl sites for hydroxylation is 2. The van der Waals surface area contributed by atoms with E-state index in [1.807, 2.05) is 13.8 Å². The van der Waals surface area contributed by atoms with Crippen LogP contribution in [-0.2, 0) is 11.8 Å². The van der Waals surface area contributed by atoms with Crippen LogP contribution in [-0.4, -0.2) is 33.4 Å². The number of aromatic carboxylic acids is 1. The molecule has 0 aliphatic rings. The topological polar surface area (TPSA) is 93.5 Å². The van der Waals surface area contributed by atoms with Crippen molar-refractivity contribution in [3.8, 4) is 5.75 Å². The average molecular weight is 303 g/mol. The van der Waals surface area contributed by atoms with Crippen LogP contribution in [0.2, 0.25) is 0 Å². The first kappa shape index (κ1) is 15.6. The molecule has 2 N–H and O–H groups in total. The summed E-state index contributed by atoms with van der Waals surface area (Å²) in [6.45, 7) is 3.52. The first-order valence-electron chi connectivity index (χ1n) is 6.64. The molecule has 0 radical (unpaired) electrons. The molecule has 7 nitrogen and oxygen atoms in total. The smallest absolute Gasteiger partial charge is 0.335 e. The second kappa shape index (κ2) is 6.30. The van der Waals surface area contributed by atoms with Crippen LogP contribution in [0.1, 0.15) is 21.7 Å². The molecule has 0 atom stereocenters. The maximum Gasteiger partial charge on any atom is 0.335 e. The van der Waals surface area contributed by atoms with Crippen molar-refractivity contribution in [2.45, 2.75) is 13.8 Å². The summed E-state index contributed by atoms with van der Waals surface area (Å²) in [6, 6.07) is 5.91. The van der Waals surface area contributed by atoms with Gasteiger partial charge in [0.25, 0.3) is 5.91 Å². The minimum absolute atomic E-state index is 0.145. The second-order valence-electron chi connectivity index (χ2n) is 4.84. The predicted octanol–water partition coefficient (Wildman–Crippen LogP) is 1.75. The summed E-state index contributed by atoms with van der Waals surface area (Å²) in [5.41, 5.74) is 2.24. The van der Waals surface area contributed by atoms with Gasteiger partial charge >= 0.3 is 5.97 Å². The summed E-state index contributed by atoms with van der Waals surface area (Å²) in [5.74, 6) is -0.742. The molecule has 1 heterocycles. The standard InChI is InChI=1S/C15H17N3O4/c1-9-14(10(2)18(3)17-9)22-8-13(19)16-12-6-4-11(5-7-12)15(20)21/h4-7H,8H2,1-3H3,(H,16,19)(H,20,21). The zero-order chi connectivity index (χ0) is 16.3. The molecule has 0 fully saturated rings. The number of aromatic nitrogens is 2. The number of carbonyl (C=O) groups is 2. The highest BCUT2D eigenvalue weighted by Gasteiger charge is 2.12. The van der Waals surface area contributed by atoms with Crippen LogP contribution in [0.5, 0.6) is 5.75 Å². The van der Waals surface area contributed by atoms with Crippen molar-refractivity contribution in [1.29, 1.82) is 0 Å². The van der Waals surface area contributed by atoms with Crippen LogP contribution < -0.4 is 10.1 Å². The van der Waals surface area contributed by atoms with Crippen molar-refractivity contribution in [2.75, 3.05) is 11.9 Å². The lowest BCUT2D eigenvalue weighted by Gasteiger charge is -2.08. The van der Waals surface area contributed by atoms with Gasteiger partial charge in [0.2, 0.25) is 0 Å². The third-order valence-electron chi connectivity index (χ3n) is 3.21. The van der Waals surface area contributed by atoms with Gasteiger partial charge in [-0.2, -0.15) is 5.10 Å². The summed E-state index contributed by atoms with van der Waals surface area (Å²) in [7, 11) is 1.80. The molecule has 2 aromatic rings. The van der Waals surface area contributed by atoms with Crippen molar-refractivity contribution in [3.05, 3.63) is 41.2 Å². The molecule has 0 saturated carbocycles. The fraction of sp³-hybridized carbons (Fsp3) is 0.267. The Hall–Kier alpha value is -2.83. The summed E-state index contributed by atoms with van der Waals surface area (Å²) < 4.78 is 7.18. The number of ether oxygens (including phenoxy) is 1. The average Bonchev–Trinajstić information content (AvgIpc) is 2.70. The Bertz CT molecular complexity index is 704. The second-order valence-corrected chi connectivity index (χ2v) is 4.84. The molecule has 0 aliphatic heterocycles. The van der Waals surface area contributed by atoms with E-state index in [1.165, 1.54) is 24.3 Å². The van der Waals surface area contributed by atoms with E-state index in [-0.39, 0.29) is 18.1 Å². The number of carboxylic acid groups (broad SMARTS) is 1. The van der Waals surface area contributed by atoms with E-state index in [9.17, 15) is 9.59 Å². The van der Waals surface area contributed by atoms with Crippen molar-refractivity contribution >= 4 is 17.6 Å². The first-order chi connectivity index (χ1) is 10.4. The van der Waals surface area contributed by atoms with Gasteiger partial charge in [-0.15, -0.1) is 0 Å². The van der Waals surface area contributed by atoms with Gasteiger partial charge in [0.05, 0.1) is 11.3 Å².